The summed E-state index contributed by atoms with van der Waals surface area (Å²) in [6.07, 6.45) is 1.43. The number of aromatic nitrogens is 1. The Balaban J connectivity index is 1.60. The summed E-state index contributed by atoms with van der Waals surface area (Å²) in [5.74, 6) is -0.104. The molecular formula is C16H16N4O4S. The third kappa shape index (κ3) is 3.94. The number of benzene rings is 1. The smallest absolute Gasteiger partial charge is 0.325 e. The van der Waals surface area contributed by atoms with Gasteiger partial charge in [0.1, 0.15) is 11.8 Å². The van der Waals surface area contributed by atoms with E-state index in [0.717, 1.165) is 10.5 Å². The van der Waals surface area contributed by atoms with Crippen molar-refractivity contribution in [3.8, 4) is 5.75 Å². The van der Waals surface area contributed by atoms with Gasteiger partial charge in [-0.3, -0.25) is 14.5 Å². The zero-order valence-electron chi connectivity index (χ0n) is 13.4. The highest BCUT2D eigenvalue weighted by molar-refractivity contribution is 7.13. The van der Waals surface area contributed by atoms with Gasteiger partial charge in [0.25, 0.3) is 5.91 Å². The molecule has 9 heteroatoms. The number of amides is 4. The summed E-state index contributed by atoms with van der Waals surface area (Å²) in [5, 5.41) is 7.32. The van der Waals surface area contributed by atoms with Crippen molar-refractivity contribution in [2.24, 2.45) is 0 Å². The van der Waals surface area contributed by atoms with Crippen LogP contribution in [0.1, 0.15) is 12.0 Å². The quantitative estimate of drug-likeness (QED) is 0.762. The summed E-state index contributed by atoms with van der Waals surface area (Å²) in [6, 6.07) is 5.70. The topological polar surface area (TPSA) is 101 Å². The maximum Gasteiger partial charge on any atom is 0.325 e. The zero-order chi connectivity index (χ0) is 17.8. The fraction of sp³-hybridized carbons (Fsp3) is 0.250. The lowest BCUT2D eigenvalue weighted by Crippen LogP contribution is -2.34. The lowest BCUT2D eigenvalue weighted by molar-refractivity contribution is -0.130. The summed E-state index contributed by atoms with van der Waals surface area (Å²) in [5.41, 5.74) is 0.789. The van der Waals surface area contributed by atoms with Crippen molar-refractivity contribution in [1.29, 1.82) is 0 Å². The van der Waals surface area contributed by atoms with Crippen molar-refractivity contribution in [2.45, 2.75) is 19.0 Å². The van der Waals surface area contributed by atoms with E-state index in [1.54, 1.807) is 43.0 Å². The molecule has 0 unspecified atom stereocenters. The predicted octanol–water partition coefficient (Wildman–Crippen LogP) is 1.60. The first-order valence-corrected chi connectivity index (χ1v) is 8.39. The van der Waals surface area contributed by atoms with Crippen LogP contribution in [0.3, 0.4) is 0 Å². The molecule has 1 fully saturated rings. The minimum Gasteiger partial charge on any atom is -0.497 e. The van der Waals surface area contributed by atoms with Gasteiger partial charge < -0.3 is 15.4 Å². The highest BCUT2D eigenvalue weighted by atomic mass is 32.1. The Bertz CT molecular complexity index is 776. The van der Waals surface area contributed by atoms with E-state index in [0.29, 0.717) is 10.9 Å². The molecule has 3 rings (SSSR count). The van der Waals surface area contributed by atoms with Crippen LogP contribution in [0.5, 0.6) is 5.75 Å². The summed E-state index contributed by atoms with van der Waals surface area (Å²) in [6.45, 7) is 0.138. The van der Waals surface area contributed by atoms with Gasteiger partial charge in [-0.25, -0.2) is 9.78 Å². The van der Waals surface area contributed by atoms with E-state index in [2.05, 4.69) is 15.6 Å². The summed E-state index contributed by atoms with van der Waals surface area (Å²) >= 11 is 1.28. The molecule has 0 aliphatic carbocycles. The van der Waals surface area contributed by atoms with Crippen LogP contribution in [-0.4, -0.2) is 40.9 Å². The first-order valence-electron chi connectivity index (χ1n) is 7.51. The van der Waals surface area contributed by atoms with Crippen molar-refractivity contribution < 1.29 is 19.1 Å². The van der Waals surface area contributed by atoms with Crippen molar-refractivity contribution in [3.63, 3.8) is 0 Å². The first-order chi connectivity index (χ1) is 12.1. The van der Waals surface area contributed by atoms with Crippen molar-refractivity contribution in [2.75, 3.05) is 12.4 Å². The molecule has 25 heavy (non-hydrogen) atoms. The van der Waals surface area contributed by atoms with Crippen LogP contribution in [0.2, 0.25) is 0 Å². The van der Waals surface area contributed by atoms with E-state index in [1.807, 2.05) is 0 Å². The second kappa shape index (κ2) is 7.31. The second-order valence-electron chi connectivity index (χ2n) is 5.36. The standard InChI is InChI=1S/C16H16N4O4S/c1-24-11-4-2-10(3-5-11)9-20-14(22)12(18-16(20)23)8-13(21)19-15-17-6-7-25-15/h2-7,12H,8-9H2,1H3,(H,18,23)(H,17,19,21)/t12-/m0/s1. The summed E-state index contributed by atoms with van der Waals surface area (Å²) in [4.78, 5) is 41.5. The lowest BCUT2D eigenvalue weighted by atomic mass is 10.1. The third-order valence-corrected chi connectivity index (χ3v) is 4.36. The average molecular weight is 360 g/mol. The Hall–Kier alpha value is -2.94. The molecule has 0 spiro atoms. The van der Waals surface area contributed by atoms with Crippen LogP contribution in [0.25, 0.3) is 0 Å². The fourth-order valence-corrected chi connectivity index (χ4v) is 2.96. The van der Waals surface area contributed by atoms with Gasteiger partial charge in [-0.2, -0.15) is 0 Å². The Morgan fingerprint density at radius 1 is 1.36 bits per heavy atom. The van der Waals surface area contributed by atoms with E-state index < -0.39 is 18.0 Å². The monoisotopic (exact) mass is 360 g/mol. The van der Waals surface area contributed by atoms with E-state index in [9.17, 15) is 14.4 Å². The molecule has 1 saturated heterocycles. The summed E-state index contributed by atoms with van der Waals surface area (Å²) in [7, 11) is 1.56. The maximum absolute atomic E-state index is 12.4. The average Bonchev–Trinajstić information content (AvgIpc) is 3.19. The molecule has 2 heterocycles. The first kappa shape index (κ1) is 16.9. The normalized spacial score (nSPS) is 16.7. The molecule has 0 radical (unpaired) electrons. The molecule has 4 amide bonds. The molecule has 0 bridgehead atoms. The number of nitrogens with zero attached hydrogens (tertiary/aromatic N) is 2. The molecule has 1 aromatic carbocycles. The van der Waals surface area contributed by atoms with Crippen LogP contribution in [-0.2, 0) is 16.1 Å². The van der Waals surface area contributed by atoms with Gasteiger partial charge >= 0.3 is 6.03 Å². The second-order valence-corrected chi connectivity index (χ2v) is 6.26. The van der Waals surface area contributed by atoms with Crippen LogP contribution >= 0.6 is 11.3 Å². The van der Waals surface area contributed by atoms with Gasteiger partial charge in [0.15, 0.2) is 5.13 Å². The Morgan fingerprint density at radius 2 is 2.12 bits per heavy atom. The number of rotatable bonds is 6. The zero-order valence-corrected chi connectivity index (χ0v) is 14.2. The molecule has 1 aromatic heterocycles. The lowest BCUT2D eigenvalue weighted by Gasteiger charge is -2.13. The number of thiazole rings is 1. The van der Waals surface area contributed by atoms with Crippen LogP contribution < -0.4 is 15.4 Å². The van der Waals surface area contributed by atoms with Crippen LogP contribution in [0.4, 0.5) is 9.93 Å². The number of methoxy groups -OCH3 is 1. The third-order valence-electron chi connectivity index (χ3n) is 3.67. The van der Waals surface area contributed by atoms with Crippen LogP contribution in [0, 0.1) is 0 Å². The minimum absolute atomic E-state index is 0.136. The molecule has 0 saturated carbocycles. The molecular weight excluding hydrogens is 344 g/mol. The number of hydrogen-bond acceptors (Lipinski definition) is 6. The largest absolute Gasteiger partial charge is 0.497 e. The van der Waals surface area contributed by atoms with Crippen molar-refractivity contribution in [3.05, 3.63) is 41.4 Å². The Labute approximate surface area is 147 Å². The molecule has 8 nitrogen and oxygen atoms in total. The maximum atomic E-state index is 12.4. The van der Waals surface area contributed by atoms with Gasteiger partial charge in [-0.15, -0.1) is 11.3 Å². The number of carbonyl (C=O) groups excluding carboxylic acids is 3. The molecule has 2 N–H and O–H groups in total. The van der Waals surface area contributed by atoms with Crippen molar-refractivity contribution in [1.82, 2.24) is 15.2 Å². The van der Waals surface area contributed by atoms with Gasteiger partial charge in [-0.1, -0.05) is 12.1 Å². The SMILES string of the molecule is COc1ccc(CN2C(=O)N[C@@H](CC(=O)Nc3nccs3)C2=O)cc1. The van der Waals surface area contributed by atoms with E-state index in [-0.39, 0.29) is 18.9 Å². The van der Waals surface area contributed by atoms with Gasteiger partial charge in [-0.05, 0) is 17.7 Å². The van der Waals surface area contributed by atoms with Crippen molar-refractivity contribution >= 4 is 34.3 Å². The van der Waals surface area contributed by atoms with E-state index >= 15 is 0 Å². The Kier molecular flexibility index (Phi) is 4.94. The van der Waals surface area contributed by atoms with Crippen LogP contribution in [0.15, 0.2) is 35.8 Å². The molecule has 1 aliphatic heterocycles. The summed E-state index contributed by atoms with van der Waals surface area (Å²) < 4.78 is 5.08. The number of ether oxygens (including phenoxy) is 1. The van der Waals surface area contributed by atoms with Gasteiger partial charge in [0.2, 0.25) is 5.91 Å². The van der Waals surface area contributed by atoms with E-state index in [4.69, 9.17) is 4.74 Å². The number of nitrogens with one attached hydrogen (secondary N) is 2. The highest BCUT2D eigenvalue weighted by Gasteiger charge is 2.39. The fourth-order valence-electron chi connectivity index (χ4n) is 2.42. The molecule has 1 atom stereocenters. The molecule has 1 aliphatic rings. The number of imide groups is 1. The van der Waals surface area contributed by atoms with Gasteiger partial charge in [0.05, 0.1) is 20.1 Å². The molecule has 130 valence electrons. The number of urea groups is 1. The number of carbonyl (C=O) groups is 3. The minimum atomic E-state index is -0.870. The molecule has 2 aromatic rings. The van der Waals surface area contributed by atoms with Gasteiger partial charge in [0, 0.05) is 11.6 Å². The highest BCUT2D eigenvalue weighted by Crippen LogP contribution is 2.18. The predicted molar refractivity (Wildman–Crippen MR) is 91.2 cm³/mol. The Morgan fingerprint density at radius 3 is 2.76 bits per heavy atom. The number of hydrogen-bond donors (Lipinski definition) is 2. The van der Waals surface area contributed by atoms with E-state index in [1.165, 1.54) is 11.3 Å². The number of anilines is 1.